The zero-order chi connectivity index (χ0) is 32.6. The minimum atomic E-state index is -4.47. The van der Waals surface area contributed by atoms with Gasteiger partial charge < -0.3 is 15.2 Å². The third-order valence-electron chi connectivity index (χ3n) is 7.23. The number of hydrogen-bond donors (Lipinski definition) is 2. The highest BCUT2D eigenvalue weighted by molar-refractivity contribution is 6.30. The molecule has 6 nitrogen and oxygen atoms in total. The van der Waals surface area contributed by atoms with Gasteiger partial charge >= 0.3 is 12.1 Å². The zero-order valence-electron chi connectivity index (χ0n) is 24.3. The van der Waals surface area contributed by atoms with Gasteiger partial charge in [0, 0.05) is 23.0 Å². The Bertz CT molecular complexity index is 1670. The highest BCUT2D eigenvalue weighted by Crippen LogP contribution is 2.40. The van der Waals surface area contributed by atoms with Gasteiger partial charge in [0.05, 0.1) is 23.6 Å². The molecular weight excluding hydrogens is 605 g/mol. The Morgan fingerprint density at radius 2 is 1.58 bits per heavy atom. The van der Waals surface area contributed by atoms with Crippen molar-refractivity contribution < 1.29 is 32.6 Å². The van der Waals surface area contributed by atoms with E-state index in [4.69, 9.17) is 21.4 Å². The van der Waals surface area contributed by atoms with Crippen LogP contribution in [0.4, 0.5) is 13.2 Å². The first-order valence-electron chi connectivity index (χ1n) is 14.2. The highest BCUT2D eigenvalue weighted by Gasteiger charge is 2.30. The molecule has 0 spiro atoms. The average Bonchev–Trinajstić information content (AvgIpc) is 3.02. The van der Waals surface area contributed by atoms with Gasteiger partial charge in [0.2, 0.25) is 0 Å². The molecule has 2 atom stereocenters. The molecule has 0 heterocycles. The number of carbonyl (C=O) groups excluding carboxylic acids is 1. The summed E-state index contributed by atoms with van der Waals surface area (Å²) in [5.74, 6) is -1.24. The monoisotopic (exact) mass is 634 g/mol. The summed E-state index contributed by atoms with van der Waals surface area (Å²) in [5.41, 5.74) is 2.61. The van der Waals surface area contributed by atoms with Crippen molar-refractivity contribution in [3.05, 3.63) is 124 Å². The van der Waals surface area contributed by atoms with Gasteiger partial charge in [-0.2, -0.15) is 18.4 Å². The number of hydrogen-bond acceptors (Lipinski definition) is 4. The Hall–Kier alpha value is -4.81. The number of carboxylic acid groups (broad SMARTS) is 1. The van der Waals surface area contributed by atoms with Crippen molar-refractivity contribution in [2.45, 2.75) is 44.4 Å². The van der Waals surface area contributed by atoms with Crippen LogP contribution in [0.3, 0.4) is 0 Å². The van der Waals surface area contributed by atoms with E-state index in [9.17, 15) is 28.0 Å². The van der Waals surface area contributed by atoms with E-state index in [0.717, 1.165) is 29.7 Å². The highest BCUT2D eigenvalue weighted by atomic mass is 35.5. The van der Waals surface area contributed by atoms with Gasteiger partial charge in [-0.1, -0.05) is 61.3 Å². The molecular formula is C35H30ClF3N2O4. The van der Waals surface area contributed by atoms with E-state index in [2.05, 4.69) is 11.4 Å². The maximum Gasteiger partial charge on any atom is 0.416 e. The van der Waals surface area contributed by atoms with Crippen LogP contribution in [0.25, 0.3) is 11.1 Å². The van der Waals surface area contributed by atoms with Gasteiger partial charge in [-0.05, 0) is 83.3 Å². The van der Waals surface area contributed by atoms with E-state index in [1.807, 2.05) is 31.2 Å². The molecule has 4 rings (SSSR count). The van der Waals surface area contributed by atoms with Crippen molar-refractivity contribution in [3.8, 4) is 22.9 Å². The van der Waals surface area contributed by atoms with E-state index < -0.39 is 23.8 Å². The van der Waals surface area contributed by atoms with Crippen LogP contribution in [0.2, 0.25) is 5.02 Å². The quantitative estimate of drug-likeness (QED) is 0.162. The maximum absolute atomic E-state index is 13.1. The molecule has 0 saturated carbocycles. The smallest absolute Gasteiger partial charge is 0.416 e. The summed E-state index contributed by atoms with van der Waals surface area (Å²) in [6.07, 6.45) is -3.72. The summed E-state index contributed by atoms with van der Waals surface area (Å²) in [6, 6.07) is 25.9. The topological polar surface area (TPSA) is 99.4 Å². The van der Waals surface area contributed by atoms with Crippen LogP contribution in [-0.4, -0.2) is 23.5 Å². The third kappa shape index (κ3) is 8.87. The SMILES string of the molecule is CCC[C@H](c1ccc(C(=O)NCCC(=O)O)cc1)[C@@H](Oc1cc(C#N)cc(-c2ccc(C(F)(F)F)cc2)c1)c1ccc(Cl)cc1. The first kappa shape index (κ1) is 33.1. The summed E-state index contributed by atoms with van der Waals surface area (Å²) < 4.78 is 46.1. The van der Waals surface area contributed by atoms with Gasteiger partial charge in [0.1, 0.15) is 11.9 Å². The predicted molar refractivity (Wildman–Crippen MR) is 165 cm³/mol. The Balaban J connectivity index is 1.70. The Labute approximate surface area is 264 Å². The number of aliphatic carboxylic acids is 1. The molecule has 232 valence electrons. The van der Waals surface area contributed by atoms with Gasteiger partial charge in [0.15, 0.2) is 0 Å². The molecule has 0 unspecified atom stereocenters. The predicted octanol–water partition coefficient (Wildman–Crippen LogP) is 8.81. The third-order valence-corrected chi connectivity index (χ3v) is 7.49. The number of carboxylic acids is 1. The van der Waals surface area contributed by atoms with Crippen molar-refractivity contribution in [2.24, 2.45) is 0 Å². The van der Waals surface area contributed by atoms with Crippen LogP contribution >= 0.6 is 11.6 Å². The standard InChI is InChI=1S/C35H30ClF3N2O4/c1-2-3-31(24-4-6-26(7-5-24)34(44)41-17-16-32(42)43)33(25-10-14-29(36)15-11-25)45-30-19-22(21-40)18-27(20-30)23-8-12-28(13-9-23)35(37,38)39/h4-15,18-20,31,33H,2-3,16-17H2,1H3,(H,41,44)(H,42,43)/t31-,33+/m1/s1. The average molecular weight is 635 g/mol. The van der Waals surface area contributed by atoms with Gasteiger partial charge in [-0.3, -0.25) is 9.59 Å². The summed E-state index contributed by atoms with van der Waals surface area (Å²) in [7, 11) is 0. The molecule has 0 bridgehead atoms. The molecule has 0 aliphatic rings. The minimum absolute atomic E-state index is 0.0110. The first-order valence-corrected chi connectivity index (χ1v) is 14.6. The van der Waals surface area contributed by atoms with E-state index in [1.165, 1.54) is 12.1 Å². The minimum Gasteiger partial charge on any atom is -0.485 e. The van der Waals surface area contributed by atoms with Crippen molar-refractivity contribution >= 4 is 23.5 Å². The van der Waals surface area contributed by atoms with Crippen molar-refractivity contribution in [2.75, 3.05) is 6.54 Å². The summed E-state index contributed by atoms with van der Waals surface area (Å²) in [5, 5.41) is 21.7. The molecule has 0 aromatic heterocycles. The number of amides is 1. The number of halogens is 4. The van der Waals surface area contributed by atoms with Crippen molar-refractivity contribution in [1.29, 1.82) is 5.26 Å². The van der Waals surface area contributed by atoms with Crippen molar-refractivity contribution in [3.63, 3.8) is 0 Å². The lowest BCUT2D eigenvalue weighted by Gasteiger charge is -2.29. The second-order valence-corrected chi connectivity index (χ2v) is 10.9. The molecule has 1 amide bonds. The number of nitrogens with zero attached hydrogens (tertiary/aromatic N) is 1. The van der Waals surface area contributed by atoms with E-state index in [0.29, 0.717) is 33.9 Å². The van der Waals surface area contributed by atoms with Crippen LogP contribution in [0, 0.1) is 11.3 Å². The molecule has 0 aliphatic heterocycles. The number of ether oxygens (including phenoxy) is 1. The van der Waals surface area contributed by atoms with Crippen LogP contribution in [0.15, 0.2) is 91.0 Å². The number of rotatable bonds is 12. The molecule has 2 N–H and O–H groups in total. The van der Waals surface area contributed by atoms with E-state index in [-0.39, 0.29) is 30.4 Å². The normalized spacial score (nSPS) is 12.5. The summed E-state index contributed by atoms with van der Waals surface area (Å²) >= 11 is 6.18. The van der Waals surface area contributed by atoms with Crippen LogP contribution < -0.4 is 10.1 Å². The lowest BCUT2D eigenvalue weighted by atomic mass is 9.85. The van der Waals surface area contributed by atoms with Crippen molar-refractivity contribution in [1.82, 2.24) is 5.32 Å². The number of nitrogens with one attached hydrogen (secondary N) is 1. The second-order valence-electron chi connectivity index (χ2n) is 10.4. The number of carbonyl (C=O) groups is 2. The fraction of sp³-hybridized carbons (Fsp3) is 0.229. The number of nitriles is 1. The number of benzene rings is 4. The lowest BCUT2D eigenvalue weighted by molar-refractivity contribution is -0.138. The summed E-state index contributed by atoms with van der Waals surface area (Å²) in [6.45, 7) is 2.05. The largest absolute Gasteiger partial charge is 0.485 e. The Kier molecular flexibility index (Phi) is 10.9. The number of alkyl halides is 3. The molecule has 0 saturated heterocycles. The van der Waals surface area contributed by atoms with Gasteiger partial charge in [0.25, 0.3) is 5.91 Å². The lowest BCUT2D eigenvalue weighted by Crippen LogP contribution is -2.26. The molecule has 45 heavy (non-hydrogen) atoms. The molecule has 4 aromatic carbocycles. The Morgan fingerprint density at radius 3 is 2.16 bits per heavy atom. The van der Waals surface area contributed by atoms with Crippen LogP contribution in [0.1, 0.15) is 70.8 Å². The Morgan fingerprint density at radius 1 is 0.933 bits per heavy atom. The van der Waals surface area contributed by atoms with Gasteiger partial charge in [-0.15, -0.1) is 0 Å². The van der Waals surface area contributed by atoms with Crippen LogP contribution in [-0.2, 0) is 11.0 Å². The maximum atomic E-state index is 13.1. The second kappa shape index (κ2) is 14.8. The molecule has 0 fully saturated rings. The molecule has 10 heteroatoms. The molecule has 0 radical (unpaired) electrons. The fourth-order valence-electron chi connectivity index (χ4n) is 5.00. The summed E-state index contributed by atoms with van der Waals surface area (Å²) in [4.78, 5) is 23.3. The van der Waals surface area contributed by atoms with Gasteiger partial charge in [-0.25, -0.2) is 0 Å². The van der Waals surface area contributed by atoms with Crippen LogP contribution in [0.5, 0.6) is 5.75 Å². The van der Waals surface area contributed by atoms with E-state index in [1.54, 1.807) is 42.5 Å². The fourth-order valence-corrected chi connectivity index (χ4v) is 5.13. The van der Waals surface area contributed by atoms with E-state index >= 15 is 0 Å². The first-order chi connectivity index (χ1) is 21.5. The molecule has 4 aromatic rings. The molecule has 0 aliphatic carbocycles. The zero-order valence-corrected chi connectivity index (χ0v) is 25.0.